The number of rotatable bonds is 4. The normalized spacial score (nSPS) is 19.7. The molecular formula is C17H19NO3. The maximum atomic E-state index is 12.4. The third-order valence-corrected chi connectivity index (χ3v) is 4.05. The zero-order valence-corrected chi connectivity index (χ0v) is 11.8. The standard InChI is InChI=1S/C17H19NO3/c19-15(13-6-2-1-3-7-13)12-14-8-4-10-18(14)17(20)16-9-5-11-21-16/h1-3,5-7,9,11,14-15,19H,4,8,10,12H2. The number of likely N-dealkylation sites (tertiary alicyclic amines) is 1. The Kier molecular flexibility index (Phi) is 4.06. The Hall–Kier alpha value is -2.07. The van der Waals surface area contributed by atoms with E-state index in [0.717, 1.165) is 24.9 Å². The van der Waals surface area contributed by atoms with Crippen LogP contribution in [0.15, 0.2) is 53.1 Å². The summed E-state index contributed by atoms with van der Waals surface area (Å²) in [5, 5.41) is 10.3. The van der Waals surface area contributed by atoms with E-state index < -0.39 is 6.10 Å². The minimum atomic E-state index is -0.541. The molecule has 1 aliphatic rings. The fourth-order valence-electron chi connectivity index (χ4n) is 2.96. The van der Waals surface area contributed by atoms with E-state index in [-0.39, 0.29) is 11.9 Å². The first-order chi connectivity index (χ1) is 10.3. The molecule has 110 valence electrons. The lowest BCUT2D eigenvalue weighted by molar-refractivity contribution is 0.0636. The highest BCUT2D eigenvalue weighted by Crippen LogP contribution is 2.28. The van der Waals surface area contributed by atoms with Crippen LogP contribution in [0.25, 0.3) is 0 Å². The maximum absolute atomic E-state index is 12.4. The first-order valence-electron chi connectivity index (χ1n) is 7.33. The summed E-state index contributed by atoms with van der Waals surface area (Å²) in [5.41, 5.74) is 0.898. The van der Waals surface area contributed by atoms with Gasteiger partial charge in [0.15, 0.2) is 5.76 Å². The van der Waals surface area contributed by atoms with Gasteiger partial charge in [-0.1, -0.05) is 30.3 Å². The molecule has 2 aromatic rings. The molecule has 2 heterocycles. The van der Waals surface area contributed by atoms with Gasteiger partial charge in [-0.25, -0.2) is 0 Å². The summed E-state index contributed by atoms with van der Waals surface area (Å²) < 4.78 is 5.19. The van der Waals surface area contributed by atoms with Gasteiger partial charge in [0.05, 0.1) is 12.4 Å². The second kappa shape index (κ2) is 6.14. The van der Waals surface area contributed by atoms with E-state index in [1.165, 1.54) is 6.26 Å². The van der Waals surface area contributed by atoms with Gasteiger partial charge in [0.25, 0.3) is 5.91 Å². The van der Waals surface area contributed by atoms with Crippen LogP contribution in [0.2, 0.25) is 0 Å². The van der Waals surface area contributed by atoms with Crippen LogP contribution in [0, 0.1) is 0 Å². The molecule has 1 amide bonds. The quantitative estimate of drug-likeness (QED) is 0.939. The third-order valence-electron chi connectivity index (χ3n) is 4.05. The molecule has 4 heteroatoms. The van der Waals surface area contributed by atoms with Crippen molar-refractivity contribution in [3.63, 3.8) is 0 Å². The van der Waals surface area contributed by atoms with Crippen LogP contribution in [0.3, 0.4) is 0 Å². The molecule has 0 spiro atoms. The smallest absolute Gasteiger partial charge is 0.289 e. The van der Waals surface area contributed by atoms with Crippen LogP contribution in [0.4, 0.5) is 0 Å². The topological polar surface area (TPSA) is 53.7 Å². The Morgan fingerprint density at radius 2 is 2.10 bits per heavy atom. The van der Waals surface area contributed by atoms with E-state index in [4.69, 9.17) is 4.42 Å². The van der Waals surface area contributed by atoms with Crippen molar-refractivity contribution in [2.45, 2.75) is 31.4 Å². The molecule has 4 nitrogen and oxygen atoms in total. The Balaban J connectivity index is 1.68. The maximum Gasteiger partial charge on any atom is 0.289 e. The Morgan fingerprint density at radius 1 is 1.29 bits per heavy atom. The number of benzene rings is 1. The third kappa shape index (κ3) is 3.00. The number of carbonyl (C=O) groups excluding carboxylic acids is 1. The van der Waals surface area contributed by atoms with Crippen molar-refractivity contribution in [2.24, 2.45) is 0 Å². The van der Waals surface area contributed by atoms with Crippen molar-refractivity contribution in [3.8, 4) is 0 Å². The molecule has 1 N–H and O–H groups in total. The Bertz CT molecular complexity index is 579. The predicted molar refractivity (Wildman–Crippen MR) is 78.8 cm³/mol. The second-order valence-corrected chi connectivity index (χ2v) is 5.43. The first kappa shape index (κ1) is 13.9. The van der Waals surface area contributed by atoms with Crippen LogP contribution in [0.5, 0.6) is 0 Å². The van der Waals surface area contributed by atoms with E-state index in [1.807, 2.05) is 35.2 Å². The number of aliphatic hydroxyl groups is 1. The van der Waals surface area contributed by atoms with E-state index in [2.05, 4.69) is 0 Å². The number of furan rings is 1. The summed E-state index contributed by atoms with van der Waals surface area (Å²) in [6.45, 7) is 0.728. The van der Waals surface area contributed by atoms with E-state index in [9.17, 15) is 9.90 Å². The largest absolute Gasteiger partial charge is 0.459 e. The van der Waals surface area contributed by atoms with Gasteiger partial charge in [-0.2, -0.15) is 0 Å². The number of hydrogen-bond donors (Lipinski definition) is 1. The number of aliphatic hydroxyl groups excluding tert-OH is 1. The SMILES string of the molecule is O=C(c1ccco1)N1CCCC1CC(O)c1ccccc1. The molecule has 1 aliphatic heterocycles. The van der Waals surface area contributed by atoms with Gasteiger partial charge in [-0.05, 0) is 37.0 Å². The molecule has 1 saturated heterocycles. The highest BCUT2D eigenvalue weighted by molar-refractivity contribution is 5.91. The first-order valence-corrected chi connectivity index (χ1v) is 7.33. The van der Waals surface area contributed by atoms with Crippen molar-refractivity contribution in [2.75, 3.05) is 6.54 Å². The van der Waals surface area contributed by atoms with Gasteiger partial charge < -0.3 is 14.4 Å². The Labute approximate surface area is 124 Å². The van der Waals surface area contributed by atoms with Crippen molar-refractivity contribution in [1.29, 1.82) is 0 Å². The molecule has 0 aliphatic carbocycles. The summed E-state index contributed by atoms with van der Waals surface area (Å²) in [7, 11) is 0. The lowest BCUT2D eigenvalue weighted by Gasteiger charge is -2.26. The van der Waals surface area contributed by atoms with Crippen molar-refractivity contribution in [1.82, 2.24) is 4.90 Å². The minimum absolute atomic E-state index is 0.0674. The fourth-order valence-corrected chi connectivity index (χ4v) is 2.96. The predicted octanol–water partition coefficient (Wildman–Crippen LogP) is 3.01. The zero-order chi connectivity index (χ0) is 14.7. The van der Waals surface area contributed by atoms with Gasteiger partial charge in [-0.3, -0.25) is 4.79 Å². The molecular weight excluding hydrogens is 266 g/mol. The average molecular weight is 285 g/mol. The van der Waals surface area contributed by atoms with E-state index in [1.54, 1.807) is 12.1 Å². The molecule has 2 atom stereocenters. The highest BCUT2D eigenvalue weighted by Gasteiger charge is 2.32. The van der Waals surface area contributed by atoms with Crippen LogP contribution < -0.4 is 0 Å². The zero-order valence-electron chi connectivity index (χ0n) is 11.8. The summed E-state index contributed by atoms with van der Waals surface area (Å²) in [6.07, 6.45) is 3.43. The van der Waals surface area contributed by atoms with Crippen molar-refractivity contribution in [3.05, 3.63) is 60.1 Å². The molecule has 1 aromatic heterocycles. The van der Waals surface area contributed by atoms with Gasteiger partial charge in [0, 0.05) is 12.6 Å². The van der Waals surface area contributed by atoms with Crippen LogP contribution in [0.1, 0.15) is 41.5 Å². The van der Waals surface area contributed by atoms with Crippen LogP contribution in [-0.2, 0) is 0 Å². The van der Waals surface area contributed by atoms with Gasteiger partial charge in [0.2, 0.25) is 0 Å². The number of carbonyl (C=O) groups is 1. The second-order valence-electron chi connectivity index (χ2n) is 5.43. The van der Waals surface area contributed by atoms with Crippen molar-refractivity contribution < 1.29 is 14.3 Å². The molecule has 0 saturated carbocycles. The number of nitrogens with zero attached hydrogens (tertiary/aromatic N) is 1. The summed E-state index contributed by atoms with van der Waals surface area (Å²) in [6, 6.07) is 13.1. The van der Waals surface area contributed by atoms with Crippen LogP contribution >= 0.6 is 0 Å². The minimum Gasteiger partial charge on any atom is -0.459 e. The average Bonchev–Trinajstić information content (AvgIpc) is 3.19. The summed E-state index contributed by atoms with van der Waals surface area (Å²) in [4.78, 5) is 14.2. The molecule has 0 bridgehead atoms. The summed E-state index contributed by atoms with van der Waals surface area (Å²) >= 11 is 0. The van der Waals surface area contributed by atoms with Gasteiger partial charge >= 0.3 is 0 Å². The lowest BCUT2D eigenvalue weighted by atomic mass is 10.0. The van der Waals surface area contributed by atoms with Crippen molar-refractivity contribution >= 4 is 5.91 Å². The van der Waals surface area contributed by atoms with Crippen LogP contribution in [-0.4, -0.2) is 28.5 Å². The molecule has 1 aromatic carbocycles. The molecule has 0 radical (unpaired) electrons. The Morgan fingerprint density at radius 3 is 2.81 bits per heavy atom. The van der Waals surface area contributed by atoms with E-state index in [0.29, 0.717) is 12.2 Å². The highest BCUT2D eigenvalue weighted by atomic mass is 16.3. The molecule has 1 fully saturated rings. The fraction of sp³-hybridized carbons (Fsp3) is 0.353. The lowest BCUT2D eigenvalue weighted by Crippen LogP contribution is -2.36. The molecule has 2 unspecified atom stereocenters. The monoisotopic (exact) mass is 285 g/mol. The number of hydrogen-bond acceptors (Lipinski definition) is 3. The van der Waals surface area contributed by atoms with Gasteiger partial charge in [0.1, 0.15) is 0 Å². The molecule has 3 rings (SSSR count). The van der Waals surface area contributed by atoms with Gasteiger partial charge in [-0.15, -0.1) is 0 Å². The van der Waals surface area contributed by atoms with E-state index >= 15 is 0 Å². The molecule has 21 heavy (non-hydrogen) atoms. The number of amides is 1. The summed E-state index contributed by atoms with van der Waals surface area (Å²) in [5.74, 6) is 0.291.